The molecule has 0 amide bonds. The van der Waals surface area contributed by atoms with Gasteiger partial charge in [-0.1, -0.05) is 53.4 Å². The summed E-state index contributed by atoms with van der Waals surface area (Å²) in [6.07, 6.45) is 8.15. The van der Waals surface area contributed by atoms with Crippen molar-refractivity contribution in [2.75, 3.05) is 26.4 Å². The van der Waals surface area contributed by atoms with Crippen LogP contribution in [0.25, 0.3) is 0 Å². The second-order valence-electron chi connectivity index (χ2n) is 4.31. The minimum atomic E-state index is 0. The molecule has 0 saturated heterocycles. The van der Waals surface area contributed by atoms with Gasteiger partial charge in [-0.2, -0.15) is 0 Å². The molecule has 5 heteroatoms. The van der Waals surface area contributed by atoms with Crippen LogP contribution in [0.1, 0.15) is 79.1 Å². The summed E-state index contributed by atoms with van der Waals surface area (Å²) in [4.78, 5) is 0. The Kier molecular flexibility index (Phi) is 79.1. The molecule has 0 aromatic carbocycles. The maximum absolute atomic E-state index is 8.07. The van der Waals surface area contributed by atoms with Crippen LogP contribution >= 0.6 is 0 Å². The van der Waals surface area contributed by atoms with Crippen molar-refractivity contribution in [3.8, 4) is 0 Å². The van der Waals surface area contributed by atoms with Crippen molar-refractivity contribution >= 4 is 0 Å². The standard InChI is InChI=1S/4C4H10O.Zr/c4*1-2-3-4-5;/h4*5H,2-4H2,1H3;/q;;;;+4. The van der Waals surface area contributed by atoms with Crippen LogP contribution in [0.5, 0.6) is 0 Å². The van der Waals surface area contributed by atoms with E-state index in [2.05, 4.69) is 27.7 Å². The molecule has 0 aromatic heterocycles. The molecule has 0 aromatic rings. The van der Waals surface area contributed by atoms with Crippen molar-refractivity contribution in [1.82, 2.24) is 0 Å². The Balaban J connectivity index is -0.0000000533. The monoisotopic (exact) mass is 386 g/mol. The fourth-order valence-corrected chi connectivity index (χ4v) is 0.632. The summed E-state index contributed by atoms with van der Waals surface area (Å²) >= 11 is 0. The molecule has 0 aliphatic carbocycles. The Bertz CT molecular complexity index is 74.3. The van der Waals surface area contributed by atoms with Crippen molar-refractivity contribution in [1.29, 1.82) is 0 Å². The summed E-state index contributed by atoms with van der Waals surface area (Å²) in [5.41, 5.74) is 0. The van der Waals surface area contributed by atoms with E-state index in [9.17, 15) is 0 Å². The zero-order valence-corrected chi connectivity index (χ0v) is 17.2. The number of aliphatic hydroxyl groups is 4. The second-order valence-corrected chi connectivity index (χ2v) is 4.31. The summed E-state index contributed by atoms with van der Waals surface area (Å²) in [5.74, 6) is 0. The van der Waals surface area contributed by atoms with Crippen LogP contribution in [-0.2, 0) is 26.2 Å². The summed E-state index contributed by atoms with van der Waals surface area (Å²) < 4.78 is 0. The minimum absolute atomic E-state index is 0. The zero-order chi connectivity index (χ0) is 16.5. The van der Waals surface area contributed by atoms with E-state index in [1.165, 1.54) is 0 Å². The van der Waals surface area contributed by atoms with Crippen LogP contribution in [-0.4, -0.2) is 46.9 Å². The molecule has 0 saturated carbocycles. The van der Waals surface area contributed by atoms with Gasteiger partial charge in [0.1, 0.15) is 0 Å². The molecule has 21 heavy (non-hydrogen) atoms. The van der Waals surface area contributed by atoms with Crippen molar-refractivity contribution in [2.45, 2.75) is 79.1 Å². The first-order chi connectivity index (χ1) is 9.66. The molecule has 128 valence electrons. The van der Waals surface area contributed by atoms with E-state index in [-0.39, 0.29) is 26.2 Å². The van der Waals surface area contributed by atoms with Crippen LogP contribution < -0.4 is 0 Å². The zero-order valence-electron chi connectivity index (χ0n) is 14.8. The fraction of sp³-hybridized carbons (Fsp3) is 1.00. The normalized spacial score (nSPS) is 8.00. The average molecular weight is 388 g/mol. The van der Waals surface area contributed by atoms with E-state index in [0.29, 0.717) is 26.4 Å². The van der Waals surface area contributed by atoms with Gasteiger partial charge >= 0.3 is 26.2 Å². The maximum atomic E-state index is 8.07. The largest absolute Gasteiger partial charge is 4.00 e. The third-order valence-electron chi connectivity index (χ3n) is 2.05. The van der Waals surface area contributed by atoms with E-state index in [4.69, 9.17) is 20.4 Å². The van der Waals surface area contributed by atoms with Crippen molar-refractivity contribution in [3.63, 3.8) is 0 Å². The maximum Gasteiger partial charge on any atom is 4.00 e. The Labute approximate surface area is 152 Å². The van der Waals surface area contributed by atoms with E-state index < -0.39 is 0 Å². The molecule has 4 N–H and O–H groups in total. The first-order valence-corrected chi connectivity index (χ1v) is 8.09. The van der Waals surface area contributed by atoms with Gasteiger partial charge in [-0.15, -0.1) is 0 Å². The number of unbranched alkanes of at least 4 members (excludes halogenated alkanes) is 4. The van der Waals surface area contributed by atoms with Gasteiger partial charge in [0.25, 0.3) is 0 Å². The van der Waals surface area contributed by atoms with Gasteiger partial charge in [0, 0.05) is 26.4 Å². The number of hydrogen-bond donors (Lipinski definition) is 4. The molecule has 0 aliphatic rings. The molecule has 0 spiro atoms. The van der Waals surface area contributed by atoms with Crippen LogP contribution in [0.15, 0.2) is 0 Å². The average Bonchev–Trinajstić information content (AvgIpc) is 2.44. The van der Waals surface area contributed by atoms with Crippen LogP contribution in [0.4, 0.5) is 0 Å². The SMILES string of the molecule is CCCCO.CCCCO.CCCCO.CCCCO.[Zr+4]. The third-order valence-corrected chi connectivity index (χ3v) is 2.05. The minimum Gasteiger partial charge on any atom is -0.396 e. The third kappa shape index (κ3) is 95.5. The molecular formula is C16H40O4Zr+4. The molecule has 0 bridgehead atoms. The summed E-state index contributed by atoms with van der Waals surface area (Å²) in [6.45, 7) is 9.58. The second kappa shape index (κ2) is 49.8. The van der Waals surface area contributed by atoms with Crippen molar-refractivity contribution in [2.24, 2.45) is 0 Å². The Morgan fingerprint density at radius 2 is 0.571 bits per heavy atom. The molecule has 0 aliphatic heterocycles. The van der Waals surface area contributed by atoms with E-state index in [0.717, 1.165) is 51.4 Å². The predicted octanol–water partition coefficient (Wildman–Crippen LogP) is 3.11. The summed E-state index contributed by atoms with van der Waals surface area (Å²) in [6, 6.07) is 0. The summed E-state index contributed by atoms with van der Waals surface area (Å²) in [7, 11) is 0. The van der Waals surface area contributed by atoms with Gasteiger partial charge < -0.3 is 20.4 Å². The number of hydrogen-bond acceptors (Lipinski definition) is 4. The van der Waals surface area contributed by atoms with Crippen LogP contribution in [0.3, 0.4) is 0 Å². The Morgan fingerprint density at radius 1 is 0.429 bits per heavy atom. The van der Waals surface area contributed by atoms with Gasteiger partial charge in [0.2, 0.25) is 0 Å². The molecule has 0 heterocycles. The first-order valence-electron chi connectivity index (χ1n) is 8.09. The van der Waals surface area contributed by atoms with Gasteiger partial charge in [0.15, 0.2) is 0 Å². The number of aliphatic hydroxyl groups excluding tert-OH is 4. The first kappa shape index (κ1) is 33.4. The molecule has 4 nitrogen and oxygen atoms in total. The molecule has 0 atom stereocenters. The van der Waals surface area contributed by atoms with E-state index >= 15 is 0 Å². The molecule has 0 rings (SSSR count). The van der Waals surface area contributed by atoms with E-state index in [1.807, 2.05) is 0 Å². The van der Waals surface area contributed by atoms with Crippen LogP contribution in [0.2, 0.25) is 0 Å². The Morgan fingerprint density at radius 3 is 0.571 bits per heavy atom. The Hall–Kier alpha value is 0.723. The molecular weight excluding hydrogens is 347 g/mol. The fourth-order valence-electron chi connectivity index (χ4n) is 0.632. The van der Waals surface area contributed by atoms with Crippen molar-refractivity contribution in [3.05, 3.63) is 0 Å². The van der Waals surface area contributed by atoms with Gasteiger partial charge in [-0.3, -0.25) is 0 Å². The summed E-state index contributed by atoms with van der Waals surface area (Å²) in [5, 5.41) is 32.3. The van der Waals surface area contributed by atoms with Gasteiger partial charge in [-0.05, 0) is 25.7 Å². The number of rotatable bonds is 8. The smallest absolute Gasteiger partial charge is 0.396 e. The van der Waals surface area contributed by atoms with Gasteiger partial charge in [0.05, 0.1) is 0 Å². The quantitative estimate of drug-likeness (QED) is 0.516. The van der Waals surface area contributed by atoms with E-state index in [1.54, 1.807) is 0 Å². The predicted molar refractivity (Wildman–Crippen MR) is 88.0 cm³/mol. The van der Waals surface area contributed by atoms with Gasteiger partial charge in [-0.25, -0.2) is 0 Å². The van der Waals surface area contributed by atoms with Crippen LogP contribution in [0, 0.1) is 0 Å². The molecule has 0 fully saturated rings. The molecule has 0 unspecified atom stereocenters. The molecule has 0 radical (unpaired) electrons. The topological polar surface area (TPSA) is 80.9 Å². The van der Waals surface area contributed by atoms with Crippen molar-refractivity contribution < 1.29 is 46.6 Å².